The molecule has 0 bridgehead atoms. The Hall–Kier alpha value is -3.33. The van der Waals surface area contributed by atoms with E-state index in [0.29, 0.717) is 22.3 Å². The van der Waals surface area contributed by atoms with Crippen LogP contribution in [0.1, 0.15) is 40.3 Å². The largest absolute Gasteiger partial charge is 0.497 e. The van der Waals surface area contributed by atoms with Crippen molar-refractivity contribution < 1.29 is 14.3 Å². The maximum Gasteiger partial charge on any atom is 0.251 e. The van der Waals surface area contributed by atoms with Crippen LogP contribution in [0.3, 0.4) is 0 Å². The van der Waals surface area contributed by atoms with Crippen molar-refractivity contribution in [3.8, 4) is 5.75 Å². The summed E-state index contributed by atoms with van der Waals surface area (Å²) in [6, 6.07) is 12.4. The van der Waals surface area contributed by atoms with E-state index in [4.69, 9.17) is 4.74 Å². The zero-order valence-corrected chi connectivity index (χ0v) is 19.6. The Morgan fingerprint density at radius 1 is 1.09 bits per heavy atom. The second-order valence-electron chi connectivity index (χ2n) is 7.43. The quantitative estimate of drug-likeness (QED) is 0.505. The van der Waals surface area contributed by atoms with E-state index in [2.05, 4.69) is 20.8 Å². The number of anilines is 1. The van der Waals surface area contributed by atoms with Gasteiger partial charge in [0.15, 0.2) is 11.0 Å². The van der Waals surface area contributed by atoms with Crippen LogP contribution >= 0.6 is 11.8 Å². The number of carbonyl (C=O) groups is 2. The van der Waals surface area contributed by atoms with Crippen LogP contribution in [0.15, 0.2) is 47.6 Å². The van der Waals surface area contributed by atoms with E-state index in [0.717, 1.165) is 16.8 Å². The minimum Gasteiger partial charge on any atom is -0.497 e. The van der Waals surface area contributed by atoms with Gasteiger partial charge in [0.1, 0.15) is 5.75 Å². The fraction of sp³-hybridized carbons (Fsp3) is 0.304. The summed E-state index contributed by atoms with van der Waals surface area (Å²) in [6.07, 6.45) is 0. The maximum absolute atomic E-state index is 12.5. The first-order valence-corrected chi connectivity index (χ1v) is 11.1. The van der Waals surface area contributed by atoms with Gasteiger partial charge in [0.05, 0.1) is 18.9 Å². The van der Waals surface area contributed by atoms with Gasteiger partial charge < -0.3 is 19.9 Å². The monoisotopic (exact) mass is 453 g/mol. The van der Waals surface area contributed by atoms with Gasteiger partial charge >= 0.3 is 0 Å². The van der Waals surface area contributed by atoms with Gasteiger partial charge in [-0.05, 0) is 56.2 Å². The van der Waals surface area contributed by atoms with Crippen LogP contribution in [0.4, 0.5) is 5.69 Å². The number of nitrogens with one attached hydrogen (secondary N) is 2. The summed E-state index contributed by atoms with van der Waals surface area (Å²) < 4.78 is 6.91. The van der Waals surface area contributed by atoms with E-state index in [-0.39, 0.29) is 23.6 Å². The van der Waals surface area contributed by atoms with E-state index < -0.39 is 0 Å². The Bertz CT molecular complexity index is 1090. The third-order valence-electron chi connectivity index (χ3n) is 5.03. The lowest BCUT2D eigenvalue weighted by Crippen LogP contribution is -2.28. The molecule has 168 valence electrons. The van der Waals surface area contributed by atoms with Gasteiger partial charge in [-0.15, -0.1) is 10.2 Å². The van der Waals surface area contributed by atoms with Gasteiger partial charge in [-0.1, -0.05) is 30.0 Å². The van der Waals surface area contributed by atoms with Crippen LogP contribution in [0.25, 0.3) is 0 Å². The van der Waals surface area contributed by atoms with Crippen molar-refractivity contribution in [2.75, 3.05) is 18.2 Å². The number of rotatable bonds is 8. The minimum atomic E-state index is -0.361. The van der Waals surface area contributed by atoms with E-state index in [9.17, 15) is 9.59 Å². The highest BCUT2D eigenvalue weighted by molar-refractivity contribution is 7.99. The Labute approximate surface area is 191 Å². The normalized spacial score (nSPS) is 11.7. The lowest BCUT2D eigenvalue weighted by Gasteiger charge is -2.14. The molecule has 0 aliphatic rings. The molecule has 0 aliphatic carbocycles. The molecule has 0 spiro atoms. The standard InChI is InChI=1S/C23H27N5O3S/c1-14-7-6-8-15(2)20(14)25-19(29)13-32-23-27-26-21(28(23)4)16(3)24-22(30)17-9-11-18(31-5)12-10-17/h6-12,16H,13H2,1-5H3,(H,24,30)(H,25,29)/t16-/m0/s1. The average Bonchev–Trinajstić information content (AvgIpc) is 3.15. The first-order chi connectivity index (χ1) is 15.3. The van der Waals surface area contributed by atoms with E-state index in [1.165, 1.54) is 11.8 Å². The molecule has 0 radical (unpaired) electrons. The predicted molar refractivity (Wildman–Crippen MR) is 125 cm³/mol. The molecule has 0 saturated heterocycles. The van der Waals surface area contributed by atoms with Crippen LogP contribution < -0.4 is 15.4 Å². The Morgan fingerprint density at radius 2 is 1.75 bits per heavy atom. The number of thioether (sulfide) groups is 1. The van der Waals surface area contributed by atoms with Crippen LogP contribution in [0.5, 0.6) is 5.75 Å². The van der Waals surface area contributed by atoms with Crippen LogP contribution in [-0.4, -0.2) is 39.4 Å². The molecule has 1 atom stereocenters. The molecular weight excluding hydrogens is 426 g/mol. The molecule has 2 amide bonds. The SMILES string of the molecule is COc1ccc(C(=O)N[C@@H](C)c2nnc(SCC(=O)Nc3c(C)cccc3C)n2C)cc1. The number of hydrogen-bond donors (Lipinski definition) is 2. The number of hydrogen-bond acceptors (Lipinski definition) is 6. The van der Waals surface area contributed by atoms with Crippen molar-refractivity contribution in [1.29, 1.82) is 0 Å². The van der Waals surface area contributed by atoms with Crippen molar-refractivity contribution in [3.63, 3.8) is 0 Å². The number of aryl methyl sites for hydroxylation is 2. The lowest BCUT2D eigenvalue weighted by atomic mass is 10.1. The summed E-state index contributed by atoms with van der Waals surface area (Å²) in [4.78, 5) is 25.0. The van der Waals surface area contributed by atoms with Gasteiger partial charge in [-0.25, -0.2) is 0 Å². The molecule has 32 heavy (non-hydrogen) atoms. The summed E-state index contributed by atoms with van der Waals surface area (Å²) in [5.41, 5.74) is 3.40. The number of para-hydroxylation sites is 1. The number of ether oxygens (including phenoxy) is 1. The van der Waals surface area contributed by atoms with Crippen molar-refractivity contribution in [1.82, 2.24) is 20.1 Å². The molecule has 0 unspecified atom stereocenters. The first kappa shape index (κ1) is 23.3. The maximum atomic E-state index is 12.5. The molecule has 2 aromatic carbocycles. The number of benzene rings is 2. The van der Waals surface area contributed by atoms with Crippen LogP contribution in [0, 0.1) is 13.8 Å². The number of amides is 2. The molecule has 0 fully saturated rings. The topological polar surface area (TPSA) is 98.1 Å². The zero-order valence-electron chi connectivity index (χ0n) is 18.8. The summed E-state index contributed by atoms with van der Waals surface area (Å²) in [5.74, 6) is 1.16. The smallest absolute Gasteiger partial charge is 0.251 e. The fourth-order valence-corrected chi connectivity index (χ4v) is 3.95. The fourth-order valence-electron chi connectivity index (χ4n) is 3.23. The van der Waals surface area contributed by atoms with Gasteiger partial charge in [0.2, 0.25) is 5.91 Å². The summed E-state index contributed by atoms with van der Waals surface area (Å²) >= 11 is 1.29. The molecule has 1 aromatic heterocycles. The predicted octanol–water partition coefficient (Wildman–Crippen LogP) is 3.66. The van der Waals surface area contributed by atoms with E-state index in [1.54, 1.807) is 35.9 Å². The first-order valence-electron chi connectivity index (χ1n) is 10.1. The molecule has 3 rings (SSSR count). The third kappa shape index (κ3) is 5.47. The van der Waals surface area contributed by atoms with Gasteiger partial charge in [-0.3, -0.25) is 9.59 Å². The molecule has 3 aromatic rings. The van der Waals surface area contributed by atoms with Gasteiger partial charge in [0, 0.05) is 18.3 Å². The number of carbonyl (C=O) groups excluding carboxylic acids is 2. The Morgan fingerprint density at radius 3 is 2.38 bits per heavy atom. The van der Waals surface area contributed by atoms with Crippen molar-refractivity contribution in [2.45, 2.75) is 32.0 Å². The molecular formula is C23H27N5O3S. The molecule has 2 N–H and O–H groups in total. The van der Waals surface area contributed by atoms with Crippen molar-refractivity contribution in [3.05, 3.63) is 65.0 Å². The summed E-state index contributed by atoms with van der Waals surface area (Å²) in [5, 5.41) is 14.9. The van der Waals surface area contributed by atoms with Gasteiger partial charge in [0.25, 0.3) is 5.91 Å². The minimum absolute atomic E-state index is 0.113. The Kier molecular flexibility index (Phi) is 7.53. The van der Waals surface area contributed by atoms with Crippen LogP contribution in [0.2, 0.25) is 0 Å². The molecule has 1 heterocycles. The van der Waals surface area contributed by atoms with Crippen molar-refractivity contribution in [2.24, 2.45) is 7.05 Å². The summed E-state index contributed by atoms with van der Waals surface area (Å²) in [7, 11) is 3.39. The second kappa shape index (κ2) is 10.3. The number of nitrogens with zero attached hydrogens (tertiary/aromatic N) is 3. The highest BCUT2D eigenvalue weighted by Crippen LogP contribution is 2.22. The van der Waals surface area contributed by atoms with E-state index in [1.807, 2.05) is 46.0 Å². The van der Waals surface area contributed by atoms with Crippen molar-refractivity contribution >= 4 is 29.3 Å². The number of methoxy groups -OCH3 is 1. The molecule has 0 aliphatic heterocycles. The van der Waals surface area contributed by atoms with Gasteiger partial charge in [-0.2, -0.15) is 0 Å². The zero-order chi connectivity index (χ0) is 23.3. The third-order valence-corrected chi connectivity index (χ3v) is 6.05. The second-order valence-corrected chi connectivity index (χ2v) is 8.37. The molecule has 0 saturated carbocycles. The highest BCUT2D eigenvalue weighted by atomic mass is 32.2. The van der Waals surface area contributed by atoms with E-state index >= 15 is 0 Å². The average molecular weight is 454 g/mol. The molecule has 8 nitrogen and oxygen atoms in total. The van der Waals surface area contributed by atoms with Crippen LogP contribution in [-0.2, 0) is 11.8 Å². The lowest BCUT2D eigenvalue weighted by molar-refractivity contribution is -0.113. The Balaban J connectivity index is 1.59. The summed E-state index contributed by atoms with van der Waals surface area (Å²) in [6.45, 7) is 5.77. The highest BCUT2D eigenvalue weighted by Gasteiger charge is 2.19. The number of aromatic nitrogens is 3. The molecule has 9 heteroatoms.